The molecule has 0 saturated carbocycles. The van der Waals surface area contributed by atoms with Crippen molar-refractivity contribution < 1.29 is 4.74 Å². The third kappa shape index (κ3) is 3.24. The SMILES string of the molecule is CC(C)=COC1=CC=CCC=C1. The minimum atomic E-state index is 0.893. The molecule has 0 amide bonds. The zero-order valence-corrected chi connectivity index (χ0v) is 7.58. The summed E-state index contributed by atoms with van der Waals surface area (Å²) in [6.07, 6.45) is 12.9. The molecule has 0 heterocycles. The number of hydrogen-bond acceptors (Lipinski definition) is 1. The van der Waals surface area contributed by atoms with Gasteiger partial charge in [0.25, 0.3) is 0 Å². The van der Waals surface area contributed by atoms with Crippen molar-refractivity contribution in [1.82, 2.24) is 0 Å². The summed E-state index contributed by atoms with van der Waals surface area (Å²) in [4.78, 5) is 0. The zero-order valence-electron chi connectivity index (χ0n) is 7.58. The van der Waals surface area contributed by atoms with E-state index < -0.39 is 0 Å². The first-order chi connectivity index (χ1) is 5.79. The molecular weight excluding hydrogens is 148 g/mol. The van der Waals surface area contributed by atoms with E-state index in [1.54, 1.807) is 6.26 Å². The molecule has 64 valence electrons. The lowest BCUT2D eigenvalue weighted by molar-refractivity contribution is 0.364. The minimum Gasteiger partial charge on any atom is -0.465 e. The standard InChI is InChI=1S/C11H14O/c1-10(2)9-12-11-7-5-3-4-6-8-11/h3,5-9H,4H2,1-2H3. The van der Waals surface area contributed by atoms with Gasteiger partial charge in [-0.1, -0.05) is 18.2 Å². The molecule has 0 aromatic carbocycles. The maximum Gasteiger partial charge on any atom is 0.126 e. The molecule has 0 radical (unpaired) electrons. The van der Waals surface area contributed by atoms with E-state index in [9.17, 15) is 0 Å². The van der Waals surface area contributed by atoms with Gasteiger partial charge < -0.3 is 4.74 Å². The molecule has 12 heavy (non-hydrogen) atoms. The summed E-state index contributed by atoms with van der Waals surface area (Å²) in [6, 6.07) is 0. The Morgan fingerprint density at radius 2 is 2.25 bits per heavy atom. The Hall–Kier alpha value is -1.24. The Bertz CT molecular complexity index is 250. The molecule has 1 rings (SSSR count). The molecule has 0 N–H and O–H groups in total. The highest BCUT2D eigenvalue weighted by Gasteiger charge is 1.90. The van der Waals surface area contributed by atoms with Crippen LogP contribution in [-0.2, 0) is 4.74 Å². The van der Waals surface area contributed by atoms with Gasteiger partial charge in [0.05, 0.1) is 6.26 Å². The lowest BCUT2D eigenvalue weighted by atomic mass is 10.4. The molecule has 0 fully saturated rings. The first-order valence-corrected chi connectivity index (χ1v) is 4.12. The van der Waals surface area contributed by atoms with Gasteiger partial charge in [0, 0.05) is 0 Å². The van der Waals surface area contributed by atoms with E-state index in [0.717, 1.165) is 17.8 Å². The highest BCUT2D eigenvalue weighted by molar-refractivity contribution is 5.23. The maximum absolute atomic E-state index is 5.39. The van der Waals surface area contributed by atoms with Gasteiger partial charge in [-0.2, -0.15) is 0 Å². The molecule has 0 aliphatic heterocycles. The van der Waals surface area contributed by atoms with Gasteiger partial charge in [0.15, 0.2) is 0 Å². The van der Waals surface area contributed by atoms with Crippen LogP contribution in [0.15, 0.2) is 48.0 Å². The van der Waals surface area contributed by atoms with Crippen molar-refractivity contribution in [3.63, 3.8) is 0 Å². The molecular formula is C11H14O. The fourth-order valence-electron chi connectivity index (χ4n) is 0.824. The van der Waals surface area contributed by atoms with Crippen LogP contribution < -0.4 is 0 Å². The summed E-state index contributed by atoms with van der Waals surface area (Å²) in [7, 11) is 0. The van der Waals surface area contributed by atoms with Crippen LogP contribution in [0, 0.1) is 0 Å². The molecule has 0 unspecified atom stereocenters. The Labute approximate surface area is 73.7 Å². The summed E-state index contributed by atoms with van der Waals surface area (Å²) >= 11 is 0. The number of ether oxygens (including phenoxy) is 1. The van der Waals surface area contributed by atoms with Crippen molar-refractivity contribution in [2.24, 2.45) is 0 Å². The summed E-state index contributed by atoms with van der Waals surface area (Å²) < 4.78 is 5.39. The van der Waals surface area contributed by atoms with Crippen LogP contribution in [0.4, 0.5) is 0 Å². The molecule has 1 heteroatoms. The van der Waals surface area contributed by atoms with Crippen LogP contribution in [-0.4, -0.2) is 0 Å². The first kappa shape index (κ1) is 8.85. The van der Waals surface area contributed by atoms with Crippen LogP contribution in [0.2, 0.25) is 0 Å². The highest BCUT2D eigenvalue weighted by atomic mass is 16.5. The van der Waals surface area contributed by atoms with Crippen molar-refractivity contribution in [3.8, 4) is 0 Å². The van der Waals surface area contributed by atoms with E-state index in [1.807, 2.05) is 32.1 Å². The van der Waals surface area contributed by atoms with E-state index in [4.69, 9.17) is 4.74 Å². The molecule has 0 bridgehead atoms. The second kappa shape index (κ2) is 4.60. The Kier molecular flexibility index (Phi) is 3.39. The second-order valence-electron chi connectivity index (χ2n) is 2.95. The first-order valence-electron chi connectivity index (χ1n) is 4.12. The van der Waals surface area contributed by atoms with Crippen molar-refractivity contribution >= 4 is 0 Å². The van der Waals surface area contributed by atoms with Crippen LogP contribution >= 0.6 is 0 Å². The van der Waals surface area contributed by atoms with Crippen molar-refractivity contribution in [3.05, 3.63) is 48.0 Å². The van der Waals surface area contributed by atoms with Crippen molar-refractivity contribution in [2.75, 3.05) is 0 Å². The Balaban J connectivity index is 2.56. The van der Waals surface area contributed by atoms with Crippen LogP contribution in [0.3, 0.4) is 0 Å². The summed E-state index contributed by atoms with van der Waals surface area (Å²) in [5, 5.41) is 0. The van der Waals surface area contributed by atoms with Gasteiger partial charge in [-0.25, -0.2) is 0 Å². The molecule has 1 nitrogen and oxygen atoms in total. The number of allylic oxidation sites excluding steroid dienone is 6. The Morgan fingerprint density at radius 1 is 1.42 bits per heavy atom. The topological polar surface area (TPSA) is 9.23 Å². The van der Waals surface area contributed by atoms with Gasteiger partial charge in [0.2, 0.25) is 0 Å². The highest BCUT2D eigenvalue weighted by Crippen LogP contribution is 2.07. The van der Waals surface area contributed by atoms with Crippen molar-refractivity contribution in [1.29, 1.82) is 0 Å². The maximum atomic E-state index is 5.39. The average Bonchev–Trinajstić information content (AvgIpc) is 2.28. The predicted molar refractivity (Wildman–Crippen MR) is 51.5 cm³/mol. The quantitative estimate of drug-likeness (QED) is 0.566. The predicted octanol–water partition coefficient (Wildman–Crippen LogP) is 3.33. The van der Waals surface area contributed by atoms with E-state index in [1.165, 1.54) is 0 Å². The second-order valence-corrected chi connectivity index (χ2v) is 2.95. The molecule has 0 aromatic rings. The summed E-state index contributed by atoms with van der Waals surface area (Å²) in [5.74, 6) is 0.893. The lowest BCUT2D eigenvalue weighted by Crippen LogP contribution is -1.80. The third-order valence-electron chi connectivity index (χ3n) is 1.38. The van der Waals surface area contributed by atoms with Crippen LogP contribution in [0.1, 0.15) is 20.3 Å². The van der Waals surface area contributed by atoms with Gasteiger partial charge in [0.1, 0.15) is 5.76 Å². The van der Waals surface area contributed by atoms with E-state index in [2.05, 4.69) is 12.2 Å². The number of hydrogen-bond donors (Lipinski definition) is 0. The molecule has 0 spiro atoms. The number of rotatable bonds is 2. The van der Waals surface area contributed by atoms with Gasteiger partial charge >= 0.3 is 0 Å². The van der Waals surface area contributed by atoms with Crippen molar-refractivity contribution in [2.45, 2.75) is 20.3 Å². The molecule has 1 aliphatic carbocycles. The molecule has 0 aromatic heterocycles. The molecule has 0 saturated heterocycles. The average molecular weight is 162 g/mol. The summed E-state index contributed by atoms with van der Waals surface area (Å²) in [6.45, 7) is 4.02. The molecule has 1 aliphatic rings. The fraction of sp³-hybridized carbons (Fsp3) is 0.273. The molecule has 0 atom stereocenters. The monoisotopic (exact) mass is 162 g/mol. The van der Waals surface area contributed by atoms with E-state index in [0.29, 0.717) is 0 Å². The fourth-order valence-corrected chi connectivity index (χ4v) is 0.824. The van der Waals surface area contributed by atoms with E-state index >= 15 is 0 Å². The van der Waals surface area contributed by atoms with Crippen LogP contribution in [0.25, 0.3) is 0 Å². The summed E-state index contributed by atoms with van der Waals surface area (Å²) in [5.41, 5.74) is 1.16. The third-order valence-corrected chi connectivity index (χ3v) is 1.38. The smallest absolute Gasteiger partial charge is 0.126 e. The zero-order chi connectivity index (χ0) is 8.81. The van der Waals surface area contributed by atoms with Gasteiger partial charge in [-0.05, 0) is 38.0 Å². The van der Waals surface area contributed by atoms with Gasteiger partial charge in [-0.3, -0.25) is 0 Å². The Morgan fingerprint density at radius 3 is 3.00 bits per heavy atom. The minimum absolute atomic E-state index is 0.893. The largest absolute Gasteiger partial charge is 0.465 e. The van der Waals surface area contributed by atoms with Crippen LogP contribution in [0.5, 0.6) is 0 Å². The van der Waals surface area contributed by atoms with Gasteiger partial charge in [-0.15, -0.1) is 0 Å². The normalized spacial score (nSPS) is 15.0. The van der Waals surface area contributed by atoms with E-state index in [-0.39, 0.29) is 0 Å². The lowest BCUT2D eigenvalue weighted by Gasteiger charge is -1.99.